The van der Waals surface area contributed by atoms with Crippen molar-refractivity contribution >= 4 is 54.6 Å². The van der Waals surface area contributed by atoms with Gasteiger partial charge in [0.1, 0.15) is 5.56 Å². The molecular formula is C17H8Br2F6N2O5. The summed E-state index contributed by atoms with van der Waals surface area (Å²) in [5.41, 5.74) is -4.01. The third-order valence-corrected chi connectivity index (χ3v) is 4.24. The molecule has 0 aromatic heterocycles. The van der Waals surface area contributed by atoms with E-state index in [0.29, 0.717) is 0 Å². The maximum Gasteiger partial charge on any atom is 0.455 e. The van der Waals surface area contributed by atoms with Gasteiger partial charge in [0.25, 0.3) is 17.2 Å². The average Bonchev–Trinajstić information content (AvgIpc) is 2.66. The molecule has 0 aliphatic carbocycles. The summed E-state index contributed by atoms with van der Waals surface area (Å²) in [7, 11) is 0. The Bertz CT molecular complexity index is 1070. The second-order valence-corrected chi connectivity index (χ2v) is 8.16. The molecule has 0 amide bonds. The van der Waals surface area contributed by atoms with Crippen LogP contribution in [0.25, 0.3) is 5.57 Å². The Morgan fingerprint density at radius 1 is 0.719 bits per heavy atom. The molecule has 0 radical (unpaired) electrons. The molecule has 0 saturated carbocycles. The Balaban J connectivity index is 0.000000323. The van der Waals surface area contributed by atoms with Crippen molar-refractivity contribution in [3.63, 3.8) is 0 Å². The molecule has 0 atom stereocenters. The number of allylic oxidation sites excluding steroid dienone is 1. The van der Waals surface area contributed by atoms with Crippen LogP contribution in [0, 0.1) is 20.2 Å². The van der Waals surface area contributed by atoms with Crippen LogP contribution in [0.5, 0.6) is 0 Å². The minimum Gasteiger partial charge on any atom is -0.284 e. The molecule has 2 rings (SSSR count). The number of rotatable bonds is 4. The average molecular weight is 594 g/mol. The number of hydrogen-bond acceptors (Lipinski definition) is 5. The van der Waals surface area contributed by atoms with Gasteiger partial charge in [-0.2, -0.15) is 26.3 Å². The number of benzene rings is 2. The molecule has 15 heteroatoms. The number of ketones is 1. The zero-order valence-corrected chi connectivity index (χ0v) is 18.3. The van der Waals surface area contributed by atoms with Crippen molar-refractivity contribution in [1.82, 2.24) is 0 Å². The van der Waals surface area contributed by atoms with Crippen LogP contribution in [-0.4, -0.2) is 28.0 Å². The summed E-state index contributed by atoms with van der Waals surface area (Å²) in [6, 6.07) is 8.60. The topological polar surface area (TPSA) is 103 Å². The zero-order valence-electron chi connectivity index (χ0n) is 15.1. The molecule has 0 bridgehead atoms. The summed E-state index contributed by atoms with van der Waals surface area (Å²) in [6.07, 6.45) is -9.80. The van der Waals surface area contributed by atoms with E-state index < -0.39 is 56.1 Å². The first-order valence-corrected chi connectivity index (χ1v) is 9.38. The fourth-order valence-corrected chi connectivity index (χ4v) is 3.06. The molecule has 0 heterocycles. The highest BCUT2D eigenvalue weighted by atomic mass is 79.9. The van der Waals surface area contributed by atoms with Crippen LogP contribution >= 0.6 is 31.9 Å². The fourth-order valence-electron chi connectivity index (χ4n) is 2.18. The van der Waals surface area contributed by atoms with Gasteiger partial charge in [-0.3, -0.25) is 25.0 Å². The quantitative estimate of drug-likeness (QED) is 0.165. The first kappa shape index (κ1) is 27.2. The van der Waals surface area contributed by atoms with Crippen molar-refractivity contribution in [3.8, 4) is 0 Å². The summed E-state index contributed by atoms with van der Waals surface area (Å²) in [6.45, 7) is 0. The van der Waals surface area contributed by atoms with Crippen LogP contribution in [0.15, 0.2) is 51.9 Å². The molecule has 2 aromatic rings. The van der Waals surface area contributed by atoms with Gasteiger partial charge in [-0.05, 0) is 44.0 Å². The molecule has 32 heavy (non-hydrogen) atoms. The minimum atomic E-state index is -5.11. The summed E-state index contributed by atoms with van der Waals surface area (Å²) >= 11 is 5.30. The predicted molar refractivity (Wildman–Crippen MR) is 107 cm³/mol. The number of alkyl halides is 6. The predicted octanol–water partition coefficient (Wildman–Crippen LogP) is 6.96. The summed E-state index contributed by atoms with van der Waals surface area (Å²) in [5.74, 6) is -2.21. The Hall–Kier alpha value is -2.81. The number of carbonyl (C=O) groups excluding carboxylic acids is 1. The highest BCUT2D eigenvalue weighted by molar-refractivity contribution is 9.28. The number of para-hydroxylation sites is 2. The number of Topliss-reactive ketones (excluding diaryl/α,β-unsaturated/α-hetero) is 1. The molecular weight excluding hydrogens is 586 g/mol. The molecule has 172 valence electrons. The highest BCUT2D eigenvalue weighted by Crippen LogP contribution is 2.43. The standard InChI is InChI=1S/C9H4Br2F3NO2.C8H4F3NO3/c10-8(11)7(9(12,13)14)5-3-1-2-4-6(5)15(16)17;9-8(10,11)7(13)5-3-1-2-4-6(5)12(14)15/h1-4H;1-4H. The van der Waals surface area contributed by atoms with Gasteiger partial charge >= 0.3 is 12.4 Å². The van der Waals surface area contributed by atoms with Gasteiger partial charge in [-0.25, -0.2) is 0 Å². The minimum absolute atomic E-state index is 0.383. The van der Waals surface area contributed by atoms with Crippen molar-refractivity contribution in [2.24, 2.45) is 0 Å². The van der Waals surface area contributed by atoms with Crippen molar-refractivity contribution in [1.29, 1.82) is 0 Å². The van der Waals surface area contributed by atoms with E-state index in [1.165, 1.54) is 18.2 Å². The smallest absolute Gasteiger partial charge is 0.284 e. The second-order valence-electron chi connectivity index (χ2n) is 5.51. The summed E-state index contributed by atoms with van der Waals surface area (Å²) < 4.78 is 73.9. The van der Waals surface area contributed by atoms with Crippen LogP contribution in [0.3, 0.4) is 0 Å². The lowest BCUT2D eigenvalue weighted by Crippen LogP contribution is -2.23. The summed E-state index contributed by atoms with van der Waals surface area (Å²) in [4.78, 5) is 29.9. The van der Waals surface area contributed by atoms with Crippen LogP contribution in [0.4, 0.5) is 37.7 Å². The molecule has 0 aliphatic heterocycles. The second kappa shape index (κ2) is 10.7. The number of nitro groups is 2. The number of halogens is 8. The van der Waals surface area contributed by atoms with E-state index in [0.717, 1.165) is 30.3 Å². The van der Waals surface area contributed by atoms with Gasteiger partial charge in [0.05, 0.1) is 24.4 Å². The van der Waals surface area contributed by atoms with Crippen LogP contribution in [0.2, 0.25) is 0 Å². The van der Waals surface area contributed by atoms with Gasteiger partial charge in [0.2, 0.25) is 0 Å². The molecule has 0 N–H and O–H groups in total. The zero-order chi connectivity index (χ0) is 24.9. The Morgan fingerprint density at radius 2 is 1.09 bits per heavy atom. The lowest BCUT2D eigenvalue weighted by Gasteiger charge is -2.12. The number of carbonyl (C=O) groups is 1. The van der Waals surface area contributed by atoms with E-state index >= 15 is 0 Å². The van der Waals surface area contributed by atoms with E-state index in [1.807, 2.05) is 0 Å². The van der Waals surface area contributed by atoms with Crippen molar-refractivity contribution < 1.29 is 41.0 Å². The number of nitro benzene ring substituents is 2. The van der Waals surface area contributed by atoms with Crippen molar-refractivity contribution in [2.75, 3.05) is 0 Å². The van der Waals surface area contributed by atoms with Crippen LogP contribution < -0.4 is 0 Å². The van der Waals surface area contributed by atoms with Crippen LogP contribution in [0.1, 0.15) is 15.9 Å². The van der Waals surface area contributed by atoms with Gasteiger partial charge in [-0.15, -0.1) is 0 Å². The van der Waals surface area contributed by atoms with Crippen LogP contribution in [-0.2, 0) is 0 Å². The Morgan fingerprint density at radius 3 is 1.44 bits per heavy atom. The normalized spacial score (nSPS) is 11.1. The molecule has 0 aliphatic rings. The van der Waals surface area contributed by atoms with Gasteiger partial charge < -0.3 is 0 Å². The SMILES string of the molecule is O=C(c1ccccc1[N+](=O)[O-])C(F)(F)F.O=[N+]([O-])c1ccccc1C(=C(Br)Br)C(F)(F)F. The monoisotopic (exact) mass is 592 g/mol. The van der Waals surface area contributed by atoms with Crippen molar-refractivity contribution in [2.45, 2.75) is 12.4 Å². The lowest BCUT2D eigenvalue weighted by atomic mass is 10.1. The van der Waals surface area contributed by atoms with E-state index in [1.54, 1.807) is 0 Å². The third kappa shape index (κ3) is 7.12. The maximum atomic E-state index is 12.8. The lowest BCUT2D eigenvalue weighted by molar-refractivity contribution is -0.385. The maximum absolute atomic E-state index is 12.8. The van der Waals surface area contributed by atoms with E-state index in [2.05, 4.69) is 31.9 Å². The van der Waals surface area contributed by atoms with Crippen molar-refractivity contribution in [3.05, 3.63) is 83.3 Å². The molecule has 0 spiro atoms. The molecule has 0 unspecified atom stereocenters. The molecule has 2 aromatic carbocycles. The van der Waals surface area contributed by atoms with E-state index in [4.69, 9.17) is 0 Å². The van der Waals surface area contributed by atoms with Gasteiger partial charge in [0.15, 0.2) is 0 Å². The third-order valence-electron chi connectivity index (χ3n) is 3.45. The van der Waals surface area contributed by atoms with E-state index in [9.17, 15) is 51.4 Å². The molecule has 0 fully saturated rings. The fraction of sp³-hybridized carbons (Fsp3) is 0.118. The Kier molecular flexibility index (Phi) is 9.08. The Labute approximate surface area is 191 Å². The number of nitrogens with zero attached hydrogens (tertiary/aromatic N) is 2. The molecule has 0 saturated heterocycles. The van der Waals surface area contributed by atoms with Gasteiger partial charge in [-0.1, -0.05) is 24.3 Å². The number of hydrogen-bond donors (Lipinski definition) is 0. The first-order valence-electron chi connectivity index (χ1n) is 7.80. The van der Waals surface area contributed by atoms with Gasteiger partial charge in [0, 0.05) is 12.1 Å². The highest BCUT2D eigenvalue weighted by Gasteiger charge is 2.42. The largest absolute Gasteiger partial charge is 0.455 e. The van der Waals surface area contributed by atoms with E-state index in [-0.39, 0.29) is 3.39 Å². The first-order chi connectivity index (χ1) is 14.6. The molecule has 7 nitrogen and oxygen atoms in total. The summed E-state index contributed by atoms with van der Waals surface area (Å²) in [5, 5.41) is 21.0.